The Morgan fingerprint density at radius 1 is 1.30 bits per heavy atom. The Kier molecular flexibility index (Phi) is 5.13. The quantitative estimate of drug-likeness (QED) is 0.522. The number of aromatic nitrogens is 3. The fourth-order valence-corrected chi connectivity index (χ4v) is 3.58. The number of benzene rings is 1. The zero-order valence-corrected chi connectivity index (χ0v) is 17.7. The lowest BCUT2D eigenvalue weighted by atomic mass is 9.95. The molecule has 9 heteroatoms. The van der Waals surface area contributed by atoms with Crippen LogP contribution in [0.25, 0.3) is 22.4 Å². The van der Waals surface area contributed by atoms with Crippen molar-refractivity contribution in [2.24, 2.45) is 0 Å². The van der Waals surface area contributed by atoms with Crippen LogP contribution in [-0.4, -0.2) is 44.6 Å². The molecule has 1 amide bonds. The maximum atomic E-state index is 15.8. The fraction of sp³-hybridized carbons (Fsp3) is 0.429. The average Bonchev–Trinajstić information content (AvgIpc) is 3.11. The Hall–Kier alpha value is -2.74. The summed E-state index contributed by atoms with van der Waals surface area (Å²) < 4.78 is 26.9. The monoisotopic (exact) mass is 432 g/mol. The highest BCUT2D eigenvalue weighted by molar-refractivity contribution is 6.29. The van der Waals surface area contributed by atoms with E-state index < -0.39 is 17.4 Å². The Bertz CT molecular complexity index is 1100. The van der Waals surface area contributed by atoms with Crippen molar-refractivity contribution in [2.75, 3.05) is 13.1 Å². The van der Waals surface area contributed by atoms with Gasteiger partial charge >= 0.3 is 6.09 Å². The molecule has 1 aromatic carbocycles. The standard InChI is InChI=1S/C21H22ClFN4O3/c1-20(2,3)30-19(28)27-8-4-7-21(23,11-27)18-26-15-9-13(5-6-16(15)29-18)14-10-17(22)25-12-24-14/h5-6,9-10,12H,4,7-8,11H2,1-3H3/t21-/m1/s1. The van der Waals surface area contributed by atoms with Gasteiger partial charge in [-0.2, -0.15) is 0 Å². The van der Waals surface area contributed by atoms with E-state index in [1.165, 1.54) is 11.2 Å². The normalized spacial score (nSPS) is 19.8. The van der Waals surface area contributed by atoms with Crippen molar-refractivity contribution in [3.63, 3.8) is 0 Å². The molecular weight excluding hydrogens is 411 g/mol. The van der Waals surface area contributed by atoms with E-state index in [1.807, 2.05) is 0 Å². The van der Waals surface area contributed by atoms with Gasteiger partial charge in [0, 0.05) is 18.2 Å². The SMILES string of the molecule is CC(C)(C)OC(=O)N1CCC[C@](F)(c2nc3cc(-c4cc(Cl)ncn4)ccc3o2)C1. The van der Waals surface area contributed by atoms with Gasteiger partial charge in [-0.25, -0.2) is 24.1 Å². The summed E-state index contributed by atoms with van der Waals surface area (Å²) in [7, 11) is 0. The number of nitrogens with zero attached hydrogens (tertiary/aromatic N) is 4. The van der Waals surface area contributed by atoms with Crippen LogP contribution < -0.4 is 0 Å². The Morgan fingerprint density at radius 2 is 2.10 bits per heavy atom. The summed E-state index contributed by atoms with van der Waals surface area (Å²) in [5.41, 5.74) is -0.175. The number of ether oxygens (including phenoxy) is 1. The number of alkyl halides is 1. The van der Waals surface area contributed by atoms with Crippen LogP contribution in [0.3, 0.4) is 0 Å². The average molecular weight is 433 g/mol. The van der Waals surface area contributed by atoms with Crippen LogP contribution in [0.4, 0.5) is 9.18 Å². The van der Waals surface area contributed by atoms with E-state index in [0.29, 0.717) is 34.9 Å². The van der Waals surface area contributed by atoms with Gasteiger partial charge in [0.15, 0.2) is 5.58 Å². The fourth-order valence-electron chi connectivity index (χ4n) is 3.44. The first-order chi connectivity index (χ1) is 14.1. The van der Waals surface area contributed by atoms with E-state index in [0.717, 1.165) is 5.56 Å². The molecule has 0 spiro atoms. The lowest BCUT2D eigenvalue weighted by Crippen LogP contribution is -2.48. The molecule has 1 atom stereocenters. The molecule has 0 bridgehead atoms. The smallest absolute Gasteiger partial charge is 0.410 e. The third-order valence-corrected chi connectivity index (χ3v) is 5.00. The molecule has 1 fully saturated rings. The van der Waals surface area contributed by atoms with Gasteiger partial charge in [-0.1, -0.05) is 11.6 Å². The molecule has 2 aromatic heterocycles. The first-order valence-electron chi connectivity index (χ1n) is 9.69. The first-order valence-corrected chi connectivity index (χ1v) is 10.1. The molecule has 1 aliphatic heterocycles. The summed E-state index contributed by atoms with van der Waals surface area (Å²) in [5, 5.41) is 0.327. The van der Waals surface area contributed by atoms with Crippen LogP contribution in [0.15, 0.2) is 35.0 Å². The van der Waals surface area contributed by atoms with E-state index in [1.54, 1.807) is 45.0 Å². The van der Waals surface area contributed by atoms with Crippen LogP contribution in [-0.2, 0) is 10.4 Å². The summed E-state index contributed by atoms with van der Waals surface area (Å²) in [6, 6.07) is 6.92. The minimum absolute atomic E-state index is 0.0383. The van der Waals surface area contributed by atoms with Crippen LogP contribution in [0.2, 0.25) is 5.15 Å². The van der Waals surface area contributed by atoms with E-state index in [4.69, 9.17) is 20.8 Å². The van der Waals surface area contributed by atoms with Crippen LogP contribution >= 0.6 is 11.6 Å². The maximum absolute atomic E-state index is 15.8. The lowest BCUT2D eigenvalue weighted by Gasteiger charge is -2.36. The number of likely N-dealkylation sites (tertiary alicyclic amines) is 1. The molecule has 3 aromatic rings. The second kappa shape index (κ2) is 7.50. The number of amides is 1. The van der Waals surface area contributed by atoms with Gasteiger partial charge in [0.05, 0.1) is 12.2 Å². The van der Waals surface area contributed by atoms with Gasteiger partial charge in [-0.3, -0.25) is 0 Å². The molecule has 7 nitrogen and oxygen atoms in total. The van der Waals surface area contributed by atoms with Gasteiger partial charge in [-0.15, -0.1) is 0 Å². The molecule has 1 saturated heterocycles. The Labute approximate surface area is 178 Å². The molecule has 4 rings (SSSR count). The summed E-state index contributed by atoms with van der Waals surface area (Å²) in [6.07, 6.45) is 1.54. The highest BCUT2D eigenvalue weighted by Crippen LogP contribution is 2.37. The molecule has 0 aliphatic carbocycles. The number of oxazole rings is 1. The topological polar surface area (TPSA) is 81.4 Å². The second-order valence-corrected chi connectivity index (χ2v) is 8.79. The number of hydrogen-bond acceptors (Lipinski definition) is 6. The highest BCUT2D eigenvalue weighted by atomic mass is 35.5. The lowest BCUT2D eigenvalue weighted by molar-refractivity contribution is -0.0140. The molecule has 1 aliphatic rings. The predicted molar refractivity (Wildman–Crippen MR) is 110 cm³/mol. The van der Waals surface area contributed by atoms with E-state index in [2.05, 4.69) is 15.0 Å². The first kappa shape index (κ1) is 20.5. The van der Waals surface area contributed by atoms with Crippen molar-refractivity contribution >= 4 is 28.8 Å². The van der Waals surface area contributed by atoms with Crippen molar-refractivity contribution in [2.45, 2.75) is 44.9 Å². The van der Waals surface area contributed by atoms with E-state index >= 15 is 4.39 Å². The van der Waals surface area contributed by atoms with Crippen molar-refractivity contribution in [3.8, 4) is 11.3 Å². The van der Waals surface area contributed by atoms with Crippen LogP contribution in [0.1, 0.15) is 39.5 Å². The minimum Gasteiger partial charge on any atom is -0.444 e. The molecule has 0 unspecified atom stereocenters. The number of carbonyl (C=O) groups excluding carboxylic acids is 1. The maximum Gasteiger partial charge on any atom is 0.410 e. The zero-order valence-electron chi connectivity index (χ0n) is 17.0. The molecule has 3 heterocycles. The molecule has 0 saturated carbocycles. The van der Waals surface area contributed by atoms with Crippen molar-refractivity contribution in [3.05, 3.63) is 41.6 Å². The zero-order chi connectivity index (χ0) is 21.5. The molecule has 30 heavy (non-hydrogen) atoms. The summed E-state index contributed by atoms with van der Waals surface area (Å²) in [6.45, 7) is 5.60. The van der Waals surface area contributed by atoms with Gasteiger partial charge in [-0.05, 0) is 51.8 Å². The molecule has 0 N–H and O–H groups in total. The minimum atomic E-state index is -1.88. The van der Waals surface area contributed by atoms with Crippen molar-refractivity contribution in [1.29, 1.82) is 0 Å². The number of rotatable bonds is 2. The second-order valence-electron chi connectivity index (χ2n) is 8.40. The third-order valence-electron chi connectivity index (χ3n) is 4.79. The summed E-state index contributed by atoms with van der Waals surface area (Å²) in [4.78, 5) is 26.2. The summed E-state index contributed by atoms with van der Waals surface area (Å²) >= 11 is 5.94. The number of piperidine rings is 1. The third kappa shape index (κ3) is 4.23. The number of fused-ring (bicyclic) bond motifs is 1. The molecule has 158 valence electrons. The van der Waals surface area contributed by atoms with Crippen LogP contribution in [0.5, 0.6) is 0 Å². The van der Waals surface area contributed by atoms with Gasteiger partial charge < -0.3 is 14.1 Å². The highest BCUT2D eigenvalue weighted by Gasteiger charge is 2.44. The number of hydrogen-bond donors (Lipinski definition) is 0. The molecule has 0 radical (unpaired) electrons. The van der Waals surface area contributed by atoms with Crippen LogP contribution in [0, 0.1) is 0 Å². The van der Waals surface area contributed by atoms with Crippen molar-refractivity contribution in [1.82, 2.24) is 19.9 Å². The van der Waals surface area contributed by atoms with E-state index in [-0.39, 0.29) is 18.9 Å². The van der Waals surface area contributed by atoms with Gasteiger partial charge in [0.2, 0.25) is 11.6 Å². The molecular formula is C21H22ClFN4O3. The van der Waals surface area contributed by atoms with Crippen molar-refractivity contribution < 1.29 is 18.3 Å². The number of carbonyl (C=O) groups is 1. The van der Waals surface area contributed by atoms with Gasteiger partial charge in [0.1, 0.15) is 22.6 Å². The largest absolute Gasteiger partial charge is 0.444 e. The summed E-state index contributed by atoms with van der Waals surface area (Å²) in [5.74, 6) is -0.0383. The predicted octanol–water partition coefficient (Wildman–Crippen LogP) is 5.13. The Morgan fingerprint density at radius 3 is 2.83 bits per heavy atom. The number of halogens is 2. The van der Waals surface area contributed by atoms with E-state index in [9.17, 15) is 4.79 Å². The van der Waals surface area contributed by atoms with Gasteiger partial charge in [0.25, 0.3) is 0 Å². The Balaban J connectivity index is 1.61.